The predicted molar refractivity (Wildman–Crippen MR) is 56.3 cm³/mol. The first-order valence-electron chi connectivity index (χ1n) is 4.77. The summed E-state index contributed by atoms with van der Waals surface area (Å²) in [7, 11) is 0. The van der Waals surface area contributed by atoms with Gasteiger partial charge in [-0.1, -0.05) is 37.3 Å². The Balaban J connectivity index is 2.90. The maximum absolute atomic E-state index is 10.7. The van der Waals surface area contributed by atoms with Crippen LogP contribution in [0.25, 0.3) is 0 Å². The van der Waals surface area contributed by atoms with E-state index in [1.165, 1.54) is 0 Å². The molecule has 0 aromatic heterocycles. The van der Waals surface area contributed by atoms with Crippen molar-refractivity contribution in [2.75, 3.05) is 6.54 Å². The van der Waals surface area contributed by atoms with E-state index in [2.05, 4.69) is 0 Å². The molecule has 0 saturated heterocycles. The molecule has 0 aliphatic rings. The summed E-state index contributed by atoms with van der Waals surface area (Å²) in [6.07, 6.45) is 0.765. The number of nitrogens with zero attached hydrogens (tertiary/aromatic N) is 1. The van der Waals surface area contributed by atoms with Gasteiger partial charge in [-0.3, -0.25) is 10.1 Å². The van der Waals surface area contributed by atoms with Gasteiger partial charge >= 0.3 is 0 Å². The first-order valence-corrected chi connectivity index (χ1v) is 4.77. The second-order valence-corrected chi connectivity index (χ2v) is 3.53. The number of carbonyl (C=O) groups excluding carboxylic acids is 1. The molecule has 1 aromatic carbocycles. The van der Waals surface area contributed by atoms with Crippen molar-refractivity contribution in [3.05, 3.63) is 46.0 Å². The molecule has 0 radical (unpaired) electrons. The lowest BCUT2D eigenvalue weighted by atomic mass is 9.88. The summed E-state index contributed by atoms with van der Waals surface area (Å²) in [5, 5.41) is 10.5. The summed E-state index contributed by atoms with van der Waals surface area (Å²) in [5.41, 5.74) is 0.841. The highest BCUT2D eigenvalue weighted by atomic mass is 16.6. The van der Waals surface area contributed by atoms with Crippen LogP contribution >= 0.6 is 0 Å². The SMILES string of the molecule is CC(C=O)[C@@H](C[N+](=O)[O-])c1ccccc1. The molecule has 0 saturated carbocycles. The molecule has 1 aromatic rings. The van der Waals surface area contributed by atoms with Gasteiger partial charge in [0.1, 0.15) is 6.29 Å². The zero-order valence-corrected chi connectivity index (χ0v) is 8.50. The minimum atomic E-state index is -0.377. The quantitative estimate of drug-likeness (QED) is 0.420. The fraction of sp³-hybridized carbons (Fsp3) is 0.364. The average molecular weight is 207 g/mol. The summed E-state index contributed by atoms with van der Waals surface area (Å²) in [6, 6.07) is 9.11. The van der Waals surface area contributed by atoms with Crippen LogP contribution < -0.4 is 0 Å². The van der Waals surface area contributed by atoms with E-state index in [0.29, 0.717) is 0 Å². The highest BCUT2D eigenvalue weighted by molar-refractivity contribution is 5.55. The molecular formula is C11H13NO3. The molecule has 0 aliphatic heterocycles. The third-order valence-corrected chi connectivity index (χ3v) is 2.42. The Morgan fingerprint density at radius 2 is 2.00 bits per heavy atom. The maximum atomic E-state index is 10.7. The molecule has 0 amide bonds. The van der Waals surface area contributed by atoms with Gasteiger partial charge in [-0.05, 0) is 5.56 Å². The summed E-state index contributed by atoms with van der Waals surface area (Å²) in [4.78, 5) is 20.8. The lowest BCUT2D eigenvalue weighted by Gasteiger charge is -2.15. The van der Waals surface area contributed by atoms with Gasteiger partial charge in [-0.2, -0.15) is 0 Å². The molecule has 0 heterocycles. The Bertz CT molecular complexity index is 337. The third kappa shape index (κ3) is 3.16. The summed E-state index contributed by atoms with van der Waals surface area (Å²) >= 11 is 0. The van der Waals surface area contributed by atoms with E-state index in [9.17, 15) is 14.9 Å². The molecule has 80 valence electrons. The lowest BCUT2D eigenvalue weighted by Crippen LogP contribution is -2.20. The number of benzene rings is 1. The third-order valence-electron chi connectivity index (χ3n) is 2.42. The van der Waals surface area contributed by atoms with Crippen molar-refractivity contribution in [3.63, 3.8) is 0 Å². The molecular weight excluding hydrogens is 194 g/mol. The fourth-order valence-electron chi connectivity index (χ4n) is 1.53. The van der Waals surface area contributed by atoms with Gasteiger partial charge in [0.2, 0.25) is 6.54 Å². The zero-order chi connectivity index (χ0) is 11.3. The first-order chi connectivity index (χ1) is 7.15. The van der Waals surface area contributed by atoms with Crippen molar-refractivity contribution >= 4 is 6.29 Å². The van der Waals surface area contributed by atoms with Crippen molar-refractivity contribution in [2.45, 2.75) is 12.8 Å². The smallest absolute Gasteiger partial charge is 0.211 e. The van der Waals surface area contributed by atoms with Gasteiger partial charge in [0, 0.05) is 10.8 Å². The summed E-state index contributed by atoms with van der Waals surface area (Å²) < 4.78 is 0. The molecule has 0 spiro atoms. The van der Waals surface area contributed by atoms with E-state index in [-0.39, 0.29) is 23.3 Å². The molecule has 1 unspecified atom stereocenters. The van der Waals surface area contributed by atoms with Crippen LogP contribution in [0.4, 0.5) is 0 Å². The highest BCUT2D eigenvalue weighted by Crippen LogP contribution is 2.23. The van der Waals surface area contributed by atoms with E-state index in [1.54, 1.807) is 6.92 Å². The van der Waals surface area contributed by atoms with Crippen molar-refractivity contribution < 1.29 is 9.72 Å². The van der Waals surface area contributed by atoms with Gasteiger partial charge in [-0.25, -0.2) is 0 Å². The van der Waals surface area contributed by atoms with Crippen LogP contribution in [0, 0.1) is 16.0 Å². The number of hydrogen-bond acceptors (Lipinski definition) is 3. The minimum Gasteiger partial charge on any atom is -0.303 e. The van der Waals surface area contributed by atoms with E-state index < -0.39 is 0 Å². The topological polar surface area (TPSA) is 60.2 Å². The van der Waals surface area contributed by atoms with Gasteiger partial charge in [0.15, 0.2) is 0 Å². The molecule has 2 atom stereocenters. The van der Waals surface area contributed by atoms with Crippen molar-refractivity contribution in [1.29, 1.82) is 0 Å². The molecule has 0 aliphatic carbocycles. The van der Waals surface area contributed by atoms with Gasteiger partial charge < -0.3 is 4.79 Å². The van der Waals surface area contributed by atoms with Gasteiger partial charge in [0.25, 0.3) is 0 Å². The second kappa shape index (κ2) is 5.24. The first kappa shape index (κ1) is 11.4. The van der Waals surface area contributed by atoms with E-state index in [0.717, 1.165) is 11.8 Å². The van der Waals surface area contributed by atoms with Crippen molar-refractivity contribution in [2.24, 2.45) is 5.92 Å². The van der Waals surface area contributed by atoms with Crippen molar-refractivity contribution in [1.82, 2.24) is 0 Å². The lowest BCUT2D eigenvalue weighted by molar-refractivity contribution is -0.484. The molecule has 0 N–H and O–H groups in total. The fourth-order valence-corrected chi connectivity index (χ4v) is 1.53. The van der Waals surface area contributed by atoms with Crippen LogP contribution in [0.3, 0.4) is 0 Å². The monoisotopic (exact) mass is 207 g/mol. The molecule has 1 rings (SSSR count). The van der Waals surface area contributed by atoms with Crippen LogP contribution in [0.5, 0.6) is 0 Å². The Labute approximate surface area is 88.1 Å². The summed E-state index contributed by atoms with van der Waals surface area (Å²) in [6.45, 7) is 1.50. The predicted octanol–water partition coefficient (Wildman–Crippen LogP) is 1.88. The largest absolute Gasteiger partial charge is 0.303 e. The number of aldehydes is 1. The number of nitro groups is 1. The number of carbonyl (C=O) groups is 1. The van der Waals surface area contributed by atoms with E-state index >= 15 is 0 Å². The normalized spacial score (nSPS) is 14.2. The Kier molecular flexibility index (Phi) is 3.97. The molecule has 0 fully saturated rings. The van der Waals surface area contributed by atoms with Crippen LogP contribution in [0.2, 0.25) is 0 Å². The van der Waals surface area contributed by atoms with Crippen LogP contribution in [0.1, 0.15) is 18.4 Å². The second-order valence-electron chi connectivity index (χ2n) is 3.53. The van der Waals surface area contributed by atoms with Crippen molar-refractivity contribution in [3.8, 4) is 0 Å². The van der Waals surface area contributed by atoms with Crippen LogP contribution in [-0.4, -0.2) is 17.8 Å². The highest BCUT2D eigenvalue weighted by Gasteiger charge is 2.23. The number of rotatable bonds is 5. The summed E-state index contributed by atoms with van der Waals surface area (Å²) in [5.74, 6) is -0.670. The molecule has 0 bridgehead atoms. The zero-order valence-electron chi connectivity index (χ0n) is 8.50. The molecule has 4 heteroatoms. The maximum Gasteiger partial charge on any atom is 0.211 e. The van der Waals surface area contributed by atoms with Crippen LogP contribution in [0.15, 0.2) is 30.3 Å². The van der Waals surface area contributed by atoms with Gasteiger partial charge in [-0.15, -0.1) is 0 Å². The van der Waals surface area contributed by atoms with Crippen LogP contribution in [-0.2, 0) is 4.79 Å². The van der Waals surface area contributed by atoms with E-state index in [4.69, 9.17) is 0 Å². The van der Waals surface area contributed by atoms with E-state index in [1.807, 2.05) is 30.3 Å². The number of hydrogen-bond donors (Lipinski definition) is 0. The Morgan fingerprint density at radius 1 is 1.40 bits per heavy atom. The molecule has 15 heavy (non-hydrogen) atoms. The Hall–Kier alpha value is -1.71. The molecule has 4 nitrogen and oxygen atoms in total. The standard InChI is InChI=1S/C11H13NO3/c1-9(8-13)11(7-12(14)15)10-5-3-2-4-6-10/h2-6,8-9,11H,7H2,1H3/t9?,11-/m1/s1. The minimum absolute atomic E-state index is 0.204. The van der Waals surface area contributed by atoms with Gasteiger partial charge in [0.05, 0.1) is 5.92 Å². The average Bonchev–Trinajstić information content (AvgIpc) is 2.26. The Morgan fingerprint density at radius 3 is 2.47 bits per heavy atom.